The van der Waals surface area contributed by atoms with Crippen molar-refractivity contribution in [3.63, 3.8) is 0 Å². The number of hydrogen-bond donors (Lipinski definition) is 0. The lowest BCUT2D eigenvalue weighted by atomic mass is 10.1. The second-order valence-electron chi connectivity index (χ2n) is 2.88. The molecule has 0 atom stereocenters. The molecule has 0 spiro atoms. The maximum Gasteiger partial charge on any atom is 0.142 e. The summed E-state index contributed by atoms with van der Waals surface area (Å²) in [7, 11) is 0. The van der Waals surface area contributed by atoms with Crippen LogP contribution in [0.4, 0.5) is 4.39 Å². The van der Waals surface area contributed by atoms with Gasteiger partial charge in [0.05, 0.1) is 5.02 Å². The van der Waals surface area contributed by atoms with Crippen molar-refractivity contribution in [1.29, 1.82) is 0 Å². The van der Waals surface area contributed by atoms with E-state index in [4.69, 9.17) is 11.6 Å². The Morgan fingerprint density at radius 2 is 2.15 bits per heavy atom. The largest absolute Gasteiger partial charge is 0.261 e. The third kappa shape index (κ3) is 1.38. The first-order chi connectivity index (χ1) is 6.18. The highest BCUT2D eigenvalue weighted by atomic mass is 35.5. The Morgan fingerprint density at radius 1 is 1.38 bits per heavy atom. The topological polar surface area (TPSA) is 12.9 Å². The van der Waals surface area contributed by atoms with Gasteiger partial charge < -0.3 is 0 Å². The quantitative estimate of drug-likeness (QED) is 0.628. The first-order valence-electron chi connectivity index (χ1n) is 3.89. The molecule has 1 aromatic heterocycles. The molecule has 66 valence electrons. The molecule has 0 fully saturated rings. The summed E-state index contributed by atoms with van der Waals surface area (Å²) in [6.07, 6.45) is 1.69. The lowest BCUT2D eigenvalue weighted by molar-refractivity contribution is 0.630. The van der Waals surface area contributed by atoms with Gasteiger partial charge in [-0.1, -0.05) is 11.6 Å². The average molecular weight is 196 g/mol. The van der Waals surface area contributed by atoms with Gasteiger partial charge in [-0.05, 0) is 30.5 Å². The van der Waals surface area contributed by atoms with Gasteiger partial charge in [0.15, 0.2) is 0 Å². The van der Waals surface area contributed by atoms with Crippen molar-refractivity contribution in [2.45, 2.75) is 6.92 Å². The summed E-state index contributed by atoms with van der Waals surface area (Å²) in [6, 6.07) is 4.84. The zero-order valence-corrected chi connectivity index (χ0v) is 7.77. The molecule has 1 nitrogen and oxygen atoms in total. The normalized spacial score (nSPS) is 10.7. The van der Waals surface area contributed by atoms with Gasteiger partial charge in [0.1, 0.15) is 5.82 Å². The van der Waals surface area contributed by atoms with Crippen LogP contribution < -0.4 is 0 Å². The van der Waals surface area contributed by atoms with E-state index in [2.05, 4.69) is 4.98 Å². The monoisotopic (exact) mass is 195 g/mol. The van der Waals surface area contributed by atoms with Crippen LogP contribution in [0, 0.1) is 12.7 Å². The van der Waals surface area contributed by atoms with Gasteiger partial charge in [0, 0.05) is 17.3 Å². The van der Waals surface area contributed by atoms with Crippen molar-refractivity contribution >= 4 is 22.4 Å². The second kappa shape index (κ2) is 2.96. The Bertz CT molecular complexity index is 468. The first-order valence-corrected chi connectivity index (χ1v) is 4.26. The van der Waals surface area contributed by atoms with E-state index in [9.17, 15) is 4.39 Å². The van der Waals surface area contributed by atoms with Gasteiger partial charge in [-0.3, -0.25) is 4.98 Å². The number of pyridine rings is 1. The number of hydrogen-bond acceptors (Lipinski definition) is 1. The van der Waals surface area contributed by atoms with E-state index in [0.29, 0.717) is 0 Å². The van der Waals surface area contributed by atoms with Gasteiger partial charge in [-0.2, -0.15) is 0 Å². The van der Waals surface area contributed by atoms with E-state index < -0.39 is 5.82 Å². The molecular formula is C10H7ClFN. The maximum absolute atomic E-state index is 13.1. The molecule has 1 aromatic carbocycles. The minimum atomic E-state index is -0.398. The molecule has 13 heavy (non-hydrogen) atoms. The Hall–Kier alpha value is -1.15. The first kappa shape index (κ1) is 8.45. The van der Waals surface area contributed by atoms with Crippen molar-refractivity contribution in [1.82, 2.24) is 4.98 Å². The van der Waals surface area contributed by atoms with E-state index in [1.54, 1.807) is 12.3 Å². The maximum atomic E-state index is 13.1. The van der Waals surface area contributed by atoms with Crippen LogP contribution in [0.1, 0.15) is 5.69 Å². The Morgan fingerprint density at radius 3 is 2.92 bits per heavy atom. The van der Waals surface area contributed by atoms with Gasteiger partial charge in [0.25, 0.3) is 0 Å². The third-order valence-corrected chi connectivity index (χ3v) is 2.29. The molecule has 0 saturated heterocycles. The molecule has 0 aliphatic heterocycles. The molecule has 0 amide bonds. The standard InChI is InChI=1S/C10H7ClFN/c1-6-8-5-10(12)9(11)4-7(8)2-3-13-6/h2-5H,1H3. The highest BCUT2D eigenvalue weighted by Gasteiger charge is 2.03. The number of nitrogens with zero attached hydrogens (tertiary/aromatic N) is 1. The number of rotatable bonds is 0. The van der Waals surface area contributed by atoms with E-state index in [1.807, 2.05) is 13.0 Å². The molecule has 1 heterocycles. The van der Waals surface area contributed by atoms with Crippen molar-refractivity contribution in [2.75, 3.05) is 0 Å². The average Bonchev–Trinajstić information content (AvgIpc) is 2.09. The summed E-state index contributed by atoms with van der Waals surface area (Å²) in [6.45, 7) is 1.84. The lowest BCUT2D eigenvalue weighted by Gasteiger charge is -2.01. The van der Waals surface area contributed by atoms with Crippen molar-refractivity contribution < 1.29 is 4.39 Å². The predicted octanol–water partition coefficient (Wildman–Crippen LogP) is 3.34. The van der Waals surface area contributed by atoms with Crippen LogP contribution in [0.2, 0.25) is 5.02 Å². The van der Waals surface area contributed by atoms with Crippen LogP contribution in [0.15, 0.2) is 24.4 Å². The fraction of sp³-hybridized carbons (Fsp3) is 0.100. The van der Waals surface area contributed by atoms with Gasteiger partial charge >= 0.3 is 0 Å². The summed E-state index contributed by atoms with van der Waals surface area (Å²) in [5.74, 6) is -0.398. The van der Waals surface area contributed by atoms with Crippen molar-refractivity contribution in [3.05, 3.63) is 40.9 Å². The van der Waals surface area contributed by atoms with Crippen LogP contribution >= 0.6 is 11.6 Å². The molecule has 2 rings (SSSR count). The van der Waals surface area contributed by atoms with E-state index in [-0.39, 0.29) is 5.02 Å². The van der Waals surface area contributed by atoms with Gasteiger partial charge in [0.2, 0.25) is 0 Å². The molecule has 0 unspecified atom stereocenters. The number of aromatic nitrogens is 1. The summed E-state index contributed by atoms with van der Waals surface area (Å²) in [4.78, 5) is 4.07. The molecule has 0 saturated carbocycles. The van der Waals surface area contributed by atoms with Crippen LogP contribution in [0.3, 0.4) is 0 Å². The SMILES string of the molecule is Cc1nccc2cc(Cl)c(F)cc12. The number of halogens is 2. The number of benzene rings is 1. The Kier molecular flexibility index (Phi) is 1.93. The van der Waals surface area contributed by atoms with Gasteiger partial charge in [-0.15, -0.1) is 0 Å². The predicted molar refractivity (Wildman–Crippen MR) is 51.4 cm³/mol. The molecule has 0 radical (unpaired) electrons. The summed E-state index contributed by atoms with van der Waals surface area (Å²) < 4.78 is 13.1. The molecule has 3 heteroatoms. The molecule has 0 N–H and O–H groups in total. The minimum Gasteiger partial charge on any atom is -0.261 e. The summed E-state index contributed by atoms with van der Waals surface area (Å²) >= 11 is 5.64. The Labute approximate surface area is 80.2 Å². The van der Waals surface area contributed by atoms with Gasteiger partial charge in [-0.25, -0.2) is 4.39 Å². The zero-order valence-electron chi connectivity index (χ0n) is 7.01. The number of fused-ring (bicyclic) bond motifs is 1. The van der Waals surface area contributed by atoms with E-state index in [1.165, 1.54) is 6.07 Å². The number of aryl methyl sites for hydroxylation is 1. The highest BCUT2D eigenvalue weighted by Crippen LogP contribution is 2.23. The van der Waals surface area contributed by atoms with Crippen molar-refractivity contribution in [2.24, 2.45) is 0 Å². The fourth-order valence-electron chi connectivity index (χ4n) is 1.31. The minimum absolute atomic E-state index is 0.151. The molecule has 2 aromatic rings. The third-order valence-electron chi connectivity index (χ3n) is 2.00. The summed E-state index contributed by atoms with van der Waals surface area (Å²) in [5, 5.41) is 1.88. The molecule has 0 bridgehead atoms. The smallest absolute Gasteiger partial charge is 0.142 e. The fourth-order valence-corrected chi connectivity index (χ4v) is 1.48. The Balaban J connectivity index is 2.89. The van der Waals surface area contributed by atoms with Crippen LogP contribution in [0.25, 0.3) is 10.8 Å². The highest BCUT2D eigenvalue weighted by molar-refractivity contribution is 6.31. The molecule has 0 aliphatic rings. The summed E-state index contributed by atoms with van der Waals surface area (Å²) in [5.41, 5.74) is 0.813. The van der Waals surface area contributed by atoms with Crippen LogP contribution in [0.5, 0.6) is 0 Å². The van der Waals surface area contributed by atoms with Crippen LogP contribution in [-0.4, -0.2) is 4.98 Å². The molecular weight excluding hydrogens is 189 g/mol. The zero-order chi connectivity index (χ0) is 9.42. The van der Waals surface area contributed by atoms with E-state index in [0.717, 1.165) is 16.5 Å². The van der Waals surface area contributed by atoms with Crippen molar-refractivity contribution in [3.8, 4) is 0 Å². The van der Waals surface area contributed by atoms with Crippen LogP contribution in [-0.2, 0) is 0 Å². The second-order valence-corrected chi connectivity index (χ2v) is 3.29. The van der Waals surface area contributed by atoms with E-state index >= 15 is 0 Å². The lowest BCUT2D eigenvalue weighted by Crippen LogP contribution is -1.85. The molecule has 0 aliphatic carbocycles.